The van der Waals surface area contributed by atoms with E-state index in [9.17, 15) is 9.59 Å². The minimum absolute atomic E-state index is 0.0201. The molecule has 0 unspecified atom stereocenters. The number of nitrogens with one attached hydrogen (secondary N) is 2. The van der Waals surface area contributed by atoms with Crippen molar-refractivity contribution >= 4 is 17.6 Å². The van der Waals surface area contributed by atoms with Crippen LogP contribution in [0.5, 0.6) is 5.75 Å². The molecule has 27 heavy (non-hydrogen) atoms. The zero-order chi connectivity index (χ0) is 19.2. The van der Waals surface area contributed by atoms with Crippen molar-refractivity contribution in [1.29, 1.82) is 0 Å². The SMILES string of the molecule is CC(C)[C@@H]1C(=O)NCCN1C(=O)Nc1ccccc1OCc1ccccn1. The summed E-state index contributed by atoms with van der Waals surface area (Å²) in [6, 6.07) is 12.1. The Morgan fingerprint density at radius 3 is 2.81 bits per heavy atom. The summed E-state index contributed by atoms with van der Waals surface area (Å²) in [5.41, 5.74) is 1.36. The monoisotopic (exact) mass is 368 g/mol. The smallest absolute Gasteiger partial charge is 0.322 e. The normalized spacial score (nSPS) is 16.8. The van der Waals surface area contributed by atoms with Crippen molar-refractivity contribution in [3.63, 3.8) is 0 Å². The van der Waals surface area contributed by atoms with Crippen LogP contribution in [0.25, 0.3) is 0 Å². The third-order valence-electron chi connectivity index (χ3n) is 4.38. The number of urea groups is 1. The lowest BCUT2D eigenvalue weighted by Crippen LogP contribution is -2.60. The molecule has 3 rings (SSSR count). The lowest BCUT2D eigenvalue weighted by Gasteiger charge is -2.37. The number of amides is 3. The number of benzene rings is 1. The first kappa shape index (κ1) is 18.7. The Morgan fingerprint density at radius 2 is 2.07 bits per heavy atom. The fraction of sp³-hybridized carbons (Fsp3) is 0.350. The maximum Gasteiger partial charge on any atom is 0.322 e. The Hall–Kier alpha value is -3.09. The predicted octanol–water partition coefficient (Wildman–Crippen LogP) is 2.65. The molecule has 0 aliphatic carbocycles. The van der Waals surface area contributed by atoms with Crippen molar-refractivity contribution in [2.75, 3.05) is 18.4 Å². The molecule has 0 spiro atoms. The summed E-state index contributed by atoms with van der Waals surface area (Å²) in [5.74, 6) is 0.455. The number of hydrogen-bond acceptors (Lipinski definition) is 4. The van der Waals surface area contributed by atoms with Gasteiger partial charge < -0.3 is 20.3 Å². The van der Waals surface area contributed by atoms with Crippen molar-refractivity contribution in [3.05, 3.63) is 54.4 Å². The van der Waals surface area contributed by atoms with Gasteiger partial charge in [-0.3, -0.25) is 9.78 Å². The van der Waals surface area contributed by atoms with Crippen LogP contribution in [0.3, 0.4) is 0 Å². The molecule has 1 aromatic heterocycles. The number of carbonyl (C=O) groups is 2. The van der Waals surface area contributed by atoms with Crippen LogP contribution in [-0.2, 0) is 11.4 Å². The summed E-state index contributed by atoms with van der Waals surface area (Å²) < 4.78 is 5.83. The second-order valence-corrected chi connectivity index (χ2v) is 6.71. The Balaban J connectivity index is 1.71. The number of aromatic nitrogens is 1. The fourth-order valence-electron chi connectivity index (χ4n) is 3.09. The quantitative estimate of drug-likeness (QED) is 0.850. The Labute approximate surface area is 158 Å². The number of rotatable bonds is 5. The fourth-order valence-corrected chi connectivity index (χ4v) is 3.09. The van der Waals surface area contributed by atoms with Crippen molar-refractivity contribution in [1.82, 2.24) is 15.2 Å². The molecule has 7 heteroatoms. The highest BCUT2D eigenvalue weighted by Gasteiger charge is 2.35. The molecule has 0 saturated carbocycles. The van der Waals surface area contributed by atoms with Gasteiger partial charge >= 0.3 is 6.03 Å². The van der Waals surface area contributed by atoms with E-state index >= 15 is 0 Å². The van der Waals surface area contributed by atoms with Crippen LogP contribution in [-0.4, -0.2) is 41.0 Å². The predicted molar refractivity (Wildman–Crippen MR) is 102 cm³/mol. The molecular weight excluding hydrogens is 344 g/mol. The second-order valence-electron chi connectivity index (χ2n) is 6.71. The van der Waals surface area contributed by atoms with Gasteiger partial charge in [0.25, 0.3) is 0 Å². The van der Waals surface area contributed by atoms with E-state index in [0.29, 0.717) is 31.1 Å². The average molecular weight is 368 g/mol. The molecule has 0 radical (unpaired) electrons. The molecular formula is C20H24N4O3. The minimum atomic E-state index is -0.486. The minimum Gasteiger partial charge on any atom is -0.485 e. The number of carbonyl (C=O) groups excluding carboxylic acids is 2. The third-order valence-corrected chi connectivity index (χ3v) is 4.38. The van der Waals surface area contributed by atoms with Gasteiger partial charge in [-0.15, -0.1) is 0 Å². The summed E-state index contributed by atoms with van der Waals surface area (Å²) in [6.07, 6.45) is 1.71. The van der Waals surface area contributed by atoms with Crippen LogP contribution in [0.2, 0.25) is 0 Å². The van der Waals surface area contributed by atoms with Crippen molar-refractivity contribution in [2.24, 2.45) is 5.92 Å². The third kappa shape index (κ3) is 4.55. The van der Waals surface area contributed by atoms with E-state index in [1.165, 1.54) is 0 Å². The molecule has 2 aromatic rings. The van der Waals surface area contributed by atoms with Gasteiger partial charge in [-0.25, -0.2) is 4.79 Å². The van der Waals surface area contributed by atoms with Crippen LogP contribution < -0.4 is 15.4 Å². The summed E-state index contributed by atoms with van der Waals surface area (Å²) >= 11 is 0. The van der Waals surface area contributed by atoms with E-state index in [4.69, 9.17) is 4.74 Å². The zero-order valence-electron chi connectivity index (χ0n) is 15.5. The van der Waals surface area contributed by atoms with Gasteiger partial charge in [0, 0.05) is 19.3 Å². The van der Waals surface area contributed by atoms with Crippen LogP contribution in [0, 0.1) is 5.92 Å². The van der Waals surface area contributed by atoms with Gasteiger partial charge in [0.15, 0.2) is 0 Å². The Kier molecular flexibility index (Phi) is 5.90. The van der Waals surface area contributed by atoms with Crippen molar-refractivity contribution < 1.29 is 14.3 Å². The maximum atomic E-state index is 12.8. The first-order valence-electron chi connectivity index (χ1n) is 9.03. The van der Waals surface area contributed by atoms with E-state index < -0.39 is 6.04 Å². The summed E-state index contributed by atoms with van der Waals surface area (Å²) in [6.45, 7) is 5.08. The summed E-state index contributed by atoms with van der Waals surface area (Å²) in [4.78, 5) is 30.8. The molecule has 1 aliphatic heterocycles. The van der Waals surface area contributed by atoms with Gasteiger partial charge in [0.1, 0.15) is 18.4 Å². The number of pyridine rings is 1. The second kappa shape index (κ2) is 8.53. The van der Waals surface area contributed by atoms with E-state index in [0.717, 1.165) is 5.69 Å². The van der Waals surface area contributed by atoms with Crippen LogP contribution in [0.15, 0.2) is 48.7 Å². The lowest BCUT2D eigenvalue weighted by atomic mass is 10.00. The highest BCUT2D eigenvalue weighted by atomic mass is 16.5. The molecule has 1 saturated heterocycles. The van der Waals surface area contributed by atoms with Crippen molar-refractivity contribution in [3.8, 4) is 5.75 Å². The number of anilines is 1. The molecule has 1 fully saturated rings. The number of piperazine rings is 1. The van der Waals surface area contributed by atoms with E-state index in [1.807, 2.05) is 44.2 Å². The largest absolute Gasteiger partial charge is 0.485 e. The van der Waals surface area contributed by atoms with Crippen LogP contribution >= 0.6 is 0 Å². The number of hydrogen-bond donors (Lipinski definition) is 2. The van der Waals surface area contributed by atoms with Crippen LogP contribution in [0.4, 0.5) is 10.5 Å². The summed E-state index contributed by atoms with van der Waals surface area (Å²) in [7, 11) is 0. The first-order chi connectivity index (χ1) is 13.1. The molecule has 1 aliphatic rings. The van der Waals surface area contributed by atoms with E-state index in [2.05, 4.69) is 15.6 Å². The molecule has 2 heterocycles. The molecule has 142 valence electrons. The topological polar surface area (TPSA) is 83.6 Å². The first-order valence-corrected chi connectivity index (χ1v) is 9.03. The highest BCUT2D eigenvalue weighted by molar-refractivity contribution is 5.95. The van der Waals surface area contributed by atoms with E-state index in [1.54, 1.807) is 23.2 Å². The molecule has 7 nitrogen and oxygen atoms in total. The molecule has 0 bridgehead atoms. The van der Waals surface area contributed by atoms with Gasteiger partial charge in [0.2, 0.25) is 5.91 Å². The van der Waals surface area contributed by atoms with Crippen molar-refractivity contribution in [2.45, 2.75) is 26.5 Å². The lowest BCUT2D eigenvalue weighted by molar-refractivity contribution is -0.129. The highest BCUT2D eigenvalue weighted by Crippen LogP contribution is 2.26. The summed E-state index contributed by atoms with van der Waals surface area (Å²) in [5, 5.41) is 5.70. The Morgan fingerprint density at radius 1 is 1.30 bits per heavy atom. The van der Waals surface area contributed by atoms with Crippen LogP contribution in [0.1, 0.15) is 19.5 Å². The van der Waals surface area contributed by atoms with Gasteiger partial charge in [0.05, 0.1) is 11.4 Å². The maximum absolute atomic E-state index is 12.8. The molecule has 1 aromatic carbocycles. The number of nitrogens with zero attached hydrogens (tertiary/aromatic N) is 2. The zero-order valence-corrected chi connectivity index (χ0v) is 15.5. The standard InChI is InChI=1S/C20H24N4O3/c1-14(2)18-19(25)22-11-12-24(18)20(26)23-16-8-3-4-9-17(16)27-13-15-7-5-6-10-21-15/h3-10,14,18H,11-13H2,1-2H3,(H,22,25)(H,23,26)/t18-/m1/s1. The molecule has 3 amide bonds. The number of ether oxygens (including phenoxy) is 1. The average Bonchev–Trinajstić information content (AvgIpc) is 2.67. The Bertz CT molecular complexity index is 795. The molecule has 2 N–H and O–H groups in total. The molecule has 1 atom stereocenters. The van der Waals surface area contributed by atoms with Gasteiger partial charge in [-0.2, -0.15) is 0 Å². The van der Waals surface area contributed by atoms with Gasteiger partial charge in [-0.1, -0.05) is 32.0 Å². The van der Waals surface area contributed by atoms with Gasteiger partial charge in [-0.05, 0) is 30.2 Å². The number of para-hydroxylation sites is 2. The van der Waals surface area contributed by atoms with E-state index in [-0.39, 0.29) is 17.9 Å².